The summed E-state index contributed by atoms with van der Waals surface area (Å²) < 4.78 is 0. The molecule has 0 aliphatic carbocycles. The van der Waals surface area contributed by atoms with Crippen LogP contribution in [-0.4, -0.2) is 22.7 Å². The number of thiazole rings is 1. The van der Waals surface area contributed by atoms with Crippen LogP contribution in [-0.2, 0) is 6.42 Å². The van der Waals surface area contributed by atoms with Gasteiger partial charge in [-0.05, 0) is 12.3 Å². The molecule has 0 aliphatic rings. The van der Waals surface area contributed by atoms with Crippen LogP contribution in [0.5, 0.6) is 0 Å². The lowest BCUT2D eigenvalue weighted by Crippen LogP contribution is -2.24. The minimum atomic E-state index is -0.302. The van der Waals surface area contributed by atoms with Crippen LogP contribution in [0.3, 0.4) is 0 Å². The molecule has 0 bridgehead atoms. The summed E-state index contributed by atoms with van der Waals surface area (Å²) in [6, 6.07) is 0. The van der Waals surface area contributed by atoms with Gasteiger partial charge < -0.3 is 10.4 Å². The van der Waals surface area contributed by atoms with E-state index in [0.29, 0.717) is 6.54 Å². The van der Waals surface area contributed by atoms with Gasteiger partial charge in [-0.2, -0.15) is 0 Å². The minimum absolute atomic E-state index is 0.285. The number of aromatic nitrogens is 1. The molecule has 0 saturated heterocycles. The maximum atomic E-state index is 9.57. The second-order valence-corrected chi connectivity index (χ2v) is 4.55. The zero-order chi connectivity index (χ0) is 10.6. The van der Waals surface area contributed by atoms with Crippen molar-refractivity contribution in [3.8, 4) is 0 Å². The first-order chi connectivity index (χ1) is 6.63. The molecule has 0 amide bonds. The van der Waals surface area contributed by atoms with E-state index >= 15 is 0 Å². The SMILES string of the molecule is CCc1csc(NCC(O)C(C)C)n1. The molecule has 3 nitrogen and oxygen atoms in total. The van der Waals surface area contributed by atoms with Gasteiger partial charge in [0.1, 0.15) is 0 Å². The number of aliphatic hydroxyl groups excluding tert-OH is 1. The topological polar surface area (TPSA) is 45.1 Å². The molecule has 0 saturated carbocycles. The molecule has 0 aromatic carbocycles. The predicted octanol–water partition coefficient (Wildman–Crippen LogP) is 2.13. The summed E-state index contributed by atoms with van der Waals surface area (Å²) in [5.41, 5.74) is 1.11. The zero-order valence-electron chi connectivity index (χ0n) is 8.95. The van der Waals surface area contributed by atoms with E-state index in [1.807, 2.05) is 19.2 Å². The normalized spacial score (nSPS) is 13.2. The largest absolute Gasteiger partial charge is 0.391 e. The number of hydrogen-bond acceptors (Lipinski definition) is 4. The molecular weight excluding hydrogens is 196 g/mol. The average molecular weight is 214 g/mol. The Morgan fingerprint density at radius 3 is 2.79 bits per heavy atom. The van der Waals surface area contributed by atoms with Gasteiger partial charge in [-0.3, -0.25) is 0 Å². The molecule has 14 heavy (non-hydrogen) atoms. The third kappa shape index (κ3) is 3.27. The molecule has 1 atom stereocenters. The Labute approximate surface area is 89.2 Å². The van der Waals surface area contributed by atoms with Crippen molar-refractivity contribution in [1.29, 1.82) is 0 Å². The smallest absolute Gasteiger partial charge is 0.182 e. The van der Waals surface area contributed by atoms with E-state index in [1.165, 1.54) is 0 Å². The summed E-state index contributed by atoms with van der Waals surface area (Å²) in [7, 11) is 0. The number of rotatable bonds is 5. The van der Waals surface area contributed by atoms with Gasteiger partial charge in [0.2, 0.25) is 0 Å². The molecule has 2 N–H and O–H groups in total. The zero-order valence-corrected chi connectivity index (χ0v) is 9.77. The van der Waals surface area contributed by atoms with E-state index in [-0.39, 0.29) is 12.0 Å². The highest BCUT2D eigenvalue weighted by Crippen LogP contribution is 2.15. The summed E-state index contributed by atoms with van der Waals surface area (Å²) in [5, 5.41) is 15.7. The number of aliphatic hydroxyl groups is 1. The van der Waals surface area contributed by atoms with E-state index in [2.05, 4.69) is 17.2 Å². The maximum Gasteiger partial charge on any atom is 0.182 e. The second-order valence-electron chi connectivity index (χ2n) is 3.69. The molecule has 1 aromatic rings. The number of nitrogens with one attached hydrogen (secondary N) is 1. The predicted molar refractivity (Wildman–Crippen MR) is 60.8 cm³/mol. The van der Waals surface area contributed by atoms with Gasteiger partial charge in [-0.15, -0.1) is 11.3 Å². The van der Waals surface area contributed by atoms with Crippen LogP contribution in [0, 0.1) is 5.92 Å². The van der Waals surface area contributed by atoms with Gasteiger partial charge in [0, 0.05) is 11.9 Å². The summed E-state index contributed by atoms with van der Waals surface area (Å²) in [4.78, 5) is 4.36. The van der Waals surface area contributed by atoms with Gasteiger partial charge in [0.25, 0.3) is 0 Å². The minimum Gasteiger partial charge on any atom is -0.391 e. The lowest BCUT2D eigenvalue weighted by Gasteiger charge is -2.14. The van der Waals surface area contributed by atoms with Crippen molar-refractivity contribution in [2.24, 2.45) is 5.92 Å². The van der Waals surface area contributed by atoms with Crippen molar-refractivity contribution in [3.63, 3.8) is 0 Å². The van der Waals surface area contributed by atoms with E-state index in [4.69, 9.17) is 0 Å². The fourth-order valence-corrected chi connectivity index (χ4v) is 1.78. The Bertz CT molecular complexity index is 273. The molecular formula is C10H18N2OS. The van der Waals surface area contributed by atoms with Gasteiger partial charge in [0.05, 0.1) is 11.8 Å². The van der Waals surface area contributed by atoms with Crippen LogP contribution in [0.2, 0.25) is 0 Å². The van der Waals surface area contributed by atoms with Gasteiger partial charge in [-0.25, -0.2) is 4.98 Å². The first-order valence-electron chi connectivity index (χ1n) is 4.99. The standard InChI is InChI=1S/C10H18N2OS/c1-4-8-6-14-10(12-8)11-5-9(13)7(2)3/h6-7,9,13H,4-5H2,1-3H3,(H,11,12). The fourth-order valence-electron chi connectivity index (χ4n) is 0.978. The molecule has 0 aliphatic heterocycles. The number of aryl methyl sites for hydroxylation is 1. The fraction of sp³-hybridized carbons (Fsp3) is 0.700. The molecule has 1 rings (SSSR count). The molecule has 0 spiro atoms. The van der Waals surface area contributed by atoms with Crippen LogP contribution < -0.4 is 5.32 Å². The maximum absolute atomic E-state index is 9.57. The highest BCUT2D eigenvalue weighted by atomic mass is 32.1. The Balaban J connectivity index is 2.37. The van der Waals surface area contributed by atoms with Crippen molar-refractivity contribution >= 4 is 16.5 Å². The van der Waals surface area contributed by atoms with Crippen molar-refractivity contribution < 1.29 is 5.11 Å². The summed E-state index contributed by atoms with van der Waals surface area (Å²) in [6.07, 6.45) is 0.661. The van der Waals surface area contributed by atoms with Crippen molar-refractivity contribution in [2.75, 3.05) is 11.9 Å². The van der Waals surface area contributed by atoms with Crippen LogP contribution in [0.15, 0.2) is 5.38 Å². The third-order valence-electron chi connectivity index (χ3n) is 2.15. The number of nitrogens with zero attached hydrogens (tertiary/aromatic N) is 1. The van der Waals surface area contributed by atoms with Crippen LogP contribution >= 0.6 is 11.3 Å². The number of anilines is 1. The summed E-state index contributed by atoms with van der Waals surface area (Å²) in [6.45, 7) is 6.67. The van der Waals surface area contributed by atoms with Crippen LogP contribution in [0.1, 0.15) is 26.5 Å². The quantitative estimate of drug-likeness (QED) is 0.789. The highest BCUT2D eigenvalue weighted by molar-refractivity contribution is 7.13. The summed E-state index contributed by atoms with van der Waals surface area (Å²) in [5.74, 6) is 0.285. The Morgan fingerprint density at radius 2 is 2.29 bits per heavy atom. The second kappa shape index (κ2) is 5.32. The average Bonchev–Trinajstić information content (AvgIpc) is 2.61. The molecule has 1 heterocycles. The molecule has 1 aromatic heterocycles. The van der Waals surface area contributed by atoms with Gasteiger partial charge in [-0.1, -0.05) is 20.8 Å². The van der Waals surface area contributed by atoms with Crippen molar-refractivity contribution in [1.82, 2.24) is 4.98 Å². The Kier molecular flexibility index (Phi) is 4.35. The lowest BCUT2D eigenvalue weighted by molar-refractivity contribution is 0.138. The van der Waals surface area contributed by atoms with Crippen LogP contribution in [0.4, 0.5) is 5.13 Å². The van der Waals surface area contributed by atoms with Crippen LogP contribution in [0.25, 0.3) is 0 Å². The Morgan fingerprint density at radius 1 is 1.57 bits per heavy atom. The molecule has 0 radical (unpaired) electrons. The van der Waals surface area contributed by atoms with Crippen molar-refractivity contribution in [3.05, 3.63) is 11.1 Å². The lowest BCUT2D eigenvalue weighted by atomic mass is 10.1. The van der Waals surface area contributed by atoms with Gasteiger partial charge >= 0.3 is 0 Å². The monoisotopic (exact) mass is 214 g/mol. The molecule has 4 heteroatoms. The Hall–Kier alpha value is -0.610. The van der Waals surface area contributed by atoms with Gasteiger partial charge in [0.15, 0.2) is 5.13 Å². The highest BCUT2D eigenvalue weighted by Gasteiger charge is 2.09. The first kappa shape index (κ1) is 11.5. The van der Waals surface area contributed by atoms with Crippen molar-refractivity contribution in [2.45, 2.75) is 33.3 Å². The molecule has 0 fully saturated rings. The van der Waals surface area contributed by atoms with E-state index < -0.39 is 0 Å². The molecule has 1 unspecified atom stereocenters. The third-order valence-corrected chi connectivity index (χ3v) is 2.99. The van der Waals surface area contributed by atoms with E-state index in [9.17, 15) is 5.11 Å². The first-order valence-corrected chi connectivity index (χ1v) is 5.87. The number of hydrogen-bond donors (Lipinski definition) is 2. The van der Waals surface area contributed by atoms with E-state index in [1.54, 1.807) is 11.3 Å². The molecule has 80 valence electrons. The summed E-state index contributed by atoms with van der Waals surface area (Å²) >= 11 is 1.59. The van der Waals surface area contributed by atoms with E-state index in [0.717, 1.165) is 17.2 Å².